The van der Waals surface area contributed by atoms with Gasteiger partial charge in [-0.25, -0.2) is 0 Å². The maximum Gasteiger partial charge on any atom is 0.0481 e. The highest BCUT2D eigenvalue weighted by atomic mass is 15.1. The smallest absolute Gasteiger partial charge is 0.0481 e. The minimum atomic E-state index is -0.0267. The van der Waals surface area contributed by atoms with Gasteiger partial charge in [0.25, 0.3) is 0 Å². The van der Waals surface area contributed by atoms with Crippen molar-refractivity contribution in [2.75, 3.05) is 9.80 Å². The van der Waals surface area contributed by atoms with E-state index in [1.807, 2.05) is 0 Å². The molecule has 0 amide bonds. The number of hydrogen-bond acceptors (Lipinski definition) is 2. The van der Waals surface area contributed by atoms with Crippen LogP contribution in [0, 0.1) is 0 Å². The summed E-state index contributed by atoms with van der Waals surface area (Å²) >= 11 is 0. The second-order valence-corrected chi connectivity index (χ2v) is 15.8. The lowest BCUT2D eigenvalue weighted by molar-refractivity contribution is 0.659. The second-order valence-electron chi connectivity index (χ2n) is 15.8. The van der Waals surface area contributed by atoms with Gasteiger partial charge in [-0.05, 0) is 122 Å². The molecule has 8 aromatic carbocycles. The number of rotatable bonds is 8. The Morgan fingerprint density at radius 1 is 0.411 bits per heavy atom. The molecular weight excluding hydrogens is 677 g/mol. The Balaban J connectivity index is 0.944. The largest absolute Gasteiger partial charge is 0.337 e. The first-order chi connectivity index (χ1) is 27.4. The van der Waals surface area contributed by atoms with Crippen LogP contribution in [0.15, 0.2) is 194 Å². The van der Waals surface area contributed by atoms with Crippen molar-refractivity contribution in [3.05, 3.63) is 222 Å². The standard InChI is InChI=1S/C54H44N2/c1-37-46-18-10-11-19-47(46)48-33-31-45(35-51(37)48)56(43-16-8-5-9-17-43)44-29-25-40(26-30-44)39-23-27-42(28-24-39)55(41-14-6-4-7-15-41)36-38-22-32-50-49-20-12-13-21-52(49)54(2,3)53(50)34-38/h4-35,37H,36H2,1-3H3. The maximum atomic E-state index is 2.43. The molecular formula is C54H44N2. The fourth-order valence-electron chi connectivity index (χ4n) is 9.21. The van der Waals surface area contributed by atoms with Crippen molar-refractivity contribution in [3.8, 4) is 33.4 Å². The summed E-state index contributed by atoms with van der Waals surface area (Å²) in [6, 6.07) is 71.3. The van der Waals surface area contributed by atoms with Gasteiger partial charge in [0.2, 0.25) is 0 Å². The summed E-state index contributed by atoms with van der Waals surface area (Å²) < 4.78 is 0. The average molecular weight is 721 g/mol. The van der Waals surface area contributed by atoms with Crippen molar-refractivity contribution in [1.29, 1.82) is 0 Å². The van der Waals surface area contributed by atoms with E-state index in [0.29, 0.717) is 5.92 Å². The molecule has 1 unspecified atom stereocenters. The normalized spacial score (nSPS) is 14.4. The zero-order valence-electron chi connectivity index (χ0n) is 32.2. The van der Waals surface area contributed by atoms with E-state index in [0.717, 1.165) is 17.9 Å². The fraction of sp³-hybridized carbons (Fsp3) is 0.111. The van der Waals surface area contributed by atoms with Gasteiger partial charge < -0.3 is 9.80 Å². The van der Waals surface area contributed by atoms with Crippen LogP contribution in [0.25, 0.3) is 33.4 Å². The summed E-state index contributed by atoms with van der Waals surface area (Å²) in [4.78, 5) is 4.80. The van der Waals surface area contributed by atoms with Gasteiger partial charge in [-0.2, -0.15) is 0 Å². The summed E-state index contributed by atoms with van der Waals surface area (Å²) in [5, 5.41) is 0. The maximum absolute atomic E-state index is 2.43. The Morgan fingerprint density at radius 2 is 0.911 bits per heavy atom. The van der Waals surface area contributed by atoms with Crippen molar-refractivity contribution in [3.63, 3.8) is 0 Å². The van der Waals surface area contributed by atoms with Gasteiger partial charge in [-0.1, -0.05) is 154 Å². The molecule has 0 heterocycles. The first-order valence-corrected chi connectivity index (χ1v) is 19.8. The summed E-state index contributed by atoms with van der Waals surface area (Å²) in [5.41, 5.74) is 20.5. The van der Waals surface area contributed by atoms with Gasteiger partial charge in [0.05, 0.1) is 0 Å². The second kappa shape index (κ2) is 13.6. The Bertz CT molecular complexity index is 2690. The topological polar surface area (TPSA) is 6.48 Å². The monoisotopic (exact) mass is 720 g/mol. The van der Waals surface area contributed by atoms with Crippen LogP contribution >= 0.6 is 0 Å². The average Bonchev–Trinajstić information content (AvgIpc) is 3.67. The molecule has 0 N–H and O–H groups in total. The number of hydrogen-bond donors (Lipinski definition) is 0. The minimum absolute atomic E-state index is 0.0267. The minimum Gasteiger partial charge on any atom is -0.337 e. The lowest BCUT2D eigenvalue weighted by Crippen LogP contribution is -2.18. The lowest BCUT2D eigenvalue weighted by Gasteiger charge is -2.27. The Labute approximate surface area is 331 Å². The summed E-state index contributed by atoms with van der Waals surface area (Å²) in [6.07, 6.45) is 0. The van der Waals surface area contributed by atoms with Crippen LogP contribution in [0.5, 0.6) is 0 Å². The van der Waals surface area contributed by atoms with Crippen molar-refractivity contribution in [2.45, 2.75) is 38.6 Å². The number of para-hydroxylation sites is 2. The van der Waals surface area contributed by atoms with Gasteiger partial charge in [0.15, 0.2) is 0 Å². The molecule has 0 bridgehead atoms. The zero-order valence-corrected chi connectivity index (χ0v) is 32.2. The van der Waals surface area contributed by atoms with Crippen LogP contribution in [-0.4, -0.2) is 0 Å². The molecule has 8 aromatic rings. The molecule has 0 aliphatic heterocycles. The van der Waals surface area contributed by atoms with Crippen LogP contribution in [0.1, 0.15) is 54.5 Å². The molecule has 56 heavy (non-hydrogen) atoms. The van der Waals surface area contributed by atoms with E-state index in [2.05, 4.69) is 225 Å². The molecule has 0 saturated carbocycles. The fourth-order valence-corrected chi connectivity index (χ4v) is 9.21. The Morgan fingerprint density at radius 3 is 1.62 bits per heavy atom. The van der Waals surface area contributed by atoms with Crippen LogP contribution in [-0.2, 0) is 12.0 Å². The van der Waals surface area contributed by atoms with Crippen molar-refractivity contribution in [2.24, 2.45) is 0 Å². The SMILES string of the molecule is CC1c2ccccc2-c2ccc(N(c3ccccc3)c3ccc(-c4ccc(N(Cc5ccc6c(c5)C(C)(C)c5ccccc5-6)c5ccccc5)cc4)cc3)cc21. The quantitative estimate of drug-likeness (QED) is 0.154. The molecule has 0 spiro atoms. The predicted octanol–water partition coefficient (Wildman–Crippen LogP) is 14.6. The summed E-state index contributed by atoms with van der Waals surface area (Å²) in [5.74, 6) is 0.361. The van der Waals surface area contributed by atoms with E-state index in [1.165, 1.54) is 78.3 Å². The van der Waals surface area contributed by atoms with Crippen molar-refractivity contribution < 1.29 is 0 Å². The van der Waals surface area contributed by atoms with Gasteiger partial charge in [-0.3, -0.25) is 0 Å². The molecule has 2 nitrogen and oxygen atoms in total. The van der Waals surface area contributed by atoms with Gasteiger partial charge in [-0.15, -0.1) is 0 Å². The highest BCUT2D eigenvalue weighted by Gasteiger charge is 2.35. The zero-order chi connectivity index (χ0) is 37.8. The van der Waals surface area contributed by atoms with Crippen LogP contribution in [0.3, 0.4) is 0 Å². The Hall–Kier alpha value is -6.64. The van der Waals surface area contributed by atoms with Crippen LogP contribution in [0.4, 0.5) is 28.4 Å². The molecule has 10 rings (SSSR count). The number of fused-ring (bicyclic) bond motifs is 6. The first kappa shape index (κ1) is 33.9. The molecule has 0 saturated heterocycles. The predicted molar refractivity (Wildman–Crippen MR) is 236 cm³/mol. The van der Waals surface area contributed by atoms with E-state index in [-0.39, 0.29) is 5.41 Å². The number of anilines is 5. The molecule has 2 heteroatoms. The third-order valence-corrected chi connectivity index (χ3v) is 12.2. The molecule has 2 aliphatic carbocycles. The summed E-state index contributed by atoms with van der Waals surface area (Å²) in [6.45, 7) is 7.81. The highest BCUT2D eigenvalue weighted by Crippen LogP contribution is 2.50. The van der Waals surface area contributed by atoms with E-state index >= 15 is 0 Å². The third kappa shape index (κ3) is 5.72. The molecule has 0 fully saturated rings. The van der Waals surface area contributed by atoms with Gasteiger partial charge >= 0.3 is 0 Å². The lowest BCUT2D eigenvalue weighted by atomic mass is 9.82. The number of benzene rings is 8. The van der Waals surface area contributed by atoms with Crippen LogP contribution < -0.4 is 9.80 Å². The molecule has 0 radical (unpaired) electrons. The van der Waals surface area contributed by atoms with Gasteiger partial charge in [0.1, 0.15) is 0 Å². The summed E-state index contributed by atoms with van der Waals surface area (Å²) in [7, 11) is 0. The van der Waals surface area contributed by atoms with Crippen LogP contribution in [0.2, 0.25) is 0 Å². The van der Waals surface area contributed by atoms with E-state index in [9.17, 15) is 0 Å². The highest BCUT2D eigenvalue weighted by molar-refractivity contribution is 5.85. The Kier molecular flexibility index (Phi) is 8.22. The van der Waals surface area contributed by atoms with Crippen molar-refractivity contribution in [1.82, 2.24) is 0 Å². The van der Waals surface area contributed by atoms with E-state index in [4.69, 9.17) is 0 Å². The molecule has 1 atom stereocenters. The molecule has 270 valence electrons. The first-order valence-electron chi connectivity index (χ1n) is 19.8. The van der Waals surface area contributed by atoms with E-state index in [1.54, 1.807) is 0 Å². The van der Waals surface area contributed by atoms with Gasteiger partial charge in [0, 0.05) is 46.3 Å². The molecule has 0 aromatic heterocycles. The number of nitrogens with zero attached hydrogens (tertiary/aromatic N) is 2. The van der Waals surface area contributed by atoms with E-state index < -0.39 is 0 Å². The third-order valence-electron chi connectivity index (χ3n) is 12.2. The molecule has 2 aliphatic rings. The van der Waals surface area contributed by atoms with Crippen molar-refractivity contribution >= 4 is 28.4 Å².